The van der Waals surface area contributed by atoms with Crippen LogP contribution in [0.3, 0.4) is 0 Å². The van der Waals surface area contributed by atoms with E-state index in [2.05, 4.69) is 5.32 Å². The summed E-state index contributed by atoms with van der Waals surface area (Å²) in [6.45, 7) is 10.9. The highest BCUT2D eigenvalue weighted by Gasteiger charge is 2.31. The molecule has 0 fully saturated rings. The maximum absolute atomic E-state index is 14.5. The van der Waals surface area contributed by atoms with Crippen LogP contribution in [0.15, 0.2) is 36.4 Å². The van der Waals surface area contributed by atoms with E-state index in [1.807, 2.05) is 0 Å². The van der Waals surface area contributed by atoms with Gasteiger partial charge in [-0.15, -0.1) is 0 Å². The molecule has 8 nitrogen and oxygen atoms in total. The van der Waals surface area contributed by atoms with E-state index in [1.165, 1.54) is 24.1 Å². The summed E-state index contributed by atoms with van der Waals surface area (Å²) in [4.78, 5) is 26.8. The summed E-state index contributed by atoms with van der Waals surface area (Å²) in [6.07, 6.45) is -0.593. The second-order valence-electron chi connectivity index (χ2n) is 10.3. The fourth-order valence-electron chi connectivity index (χ4n) is 3.72. The van der Waals surface area contributed by atoms with Crippen LogP contribution in [0.4, 0.5) is 9.18 Å². The first-order valence-electron chi connectivity index (χ1n) is 12.3. The Kier molecular flexibility index (Phi) is 10.8. The molecule has 0 aliphatic rings. The minimum atomic E-state index is -0.975. The molecule has 0 aromatic heterocycles. The minimum Gasteiger partial charge on any atom is -0.497 e. The summed E-state index contributed by atoms with van der Waals surface area (Å²) in [5.41, 5.74) is -0.723. The third-order valence-electron chi connectivity index (χ3n) is 5.80. The number of rotatable bonds is 11. The van der Waals surface area contributed by atoms with Crippen LogP contribution in [-0.4, -0.2) is 55.4 Å². The second-order valence-corrected chi connectivity index (χ2v) is 10.7. The van der Waals surface area contributed by atoms with Crippen LogP contribution in [0.2, 0.25) is 5.02 Å². The molecule has 2 rings (SSSR count). The molecular formula is C28H38ClFN2O6. The van der Waals surface area contributed by atoms with Crippen molar-refractivity contribution in [2.24, 2.45) is 0 Å². The Morgan fingerprint density at radius 1 is 1.05 bits per heavy atom. The lowest BCUT2D eigenvalue weighted by molar-refractivity contribution is -0.147. The quantitative estimate of drug-likeness (QED) is 0.347. The van der Waals surface area contributed by atoms with E-state index in [0.717, 1.165) is 0 Å². The first-order valence-corrected chi connectivity index (χ1v) is 12.6. The number of carbonyl (C=O) groups is 2. The molecule has 1 atom stereocenters. The van der Waals surface area contributed by atoms with E-state index < -0.39 is 35.1 Å². The van der Waals surface area contributed by atoms with Crippen LogP contribution in [0.25, 0.3) is 0 Å². The van der Waals surface area contributed by atoms with Crippen LogP contribution < -0.4 is 14.8 Å². The zero-order valence-electron chi connectivity index (χ0n) is 23.3. The molecule has 0 saturated carbocycles. The number of carbonyl (C=O) groups excluding carboxylic acids is 2. The topological polar surface area (TPSA) is 86.3 Å². The van der Waals surface area contributed by atoms with Crippen molar-refractivity contribution in [3.8, 4) is 11.5 Å². The van der Waals surface area contributed by atoms with Gasteiger partial charge in [-0.3, -0.25) is 4.79 Å². The van der Waals surface area contributed by atoms with Gasteiger partial charge < -0.3 is 29.2 Å². The third-order valence-corrected chi connectivity index (χ3v) is 6.14. The van der Waals surface area contributed by atoms with Crippen LogP contribution >= 0.6 is 11.6 Å². The zero-order chi connectivity index (χ0) is 28.7. The predicted molar refractivity (Wildman–Crippen MR) is 144 cm³/mol. The summed E-state index contributed by atoms with van der Waals surface area (Å²) in [5, 5.41) is 3.27. The Bertz CT molecular complexity index is 1100. The molecule has 1 amide bonds. The lowest BCUT2D eigenvalue weighted by atomic mass is 10.00. The molecule has 2 aromatic carbocycles. The summed E-state index contributed by atoms with van der Waals surface area (Å²) in [7, 11) is 2.88. The molecule has 10 heteroatoms. The predicted octanol–water partition coefficient (Wildman–Crippen LogP) is 5.91. The number of esters is 1. The van der Waals surface area contributed by atoms with Gasteiger partial charge in [0.15, 0.2) is 0 Å². The highest BCUT2D eigenvalue weighted by atomic mass is 35.5. The number of nitrogens with one attached hydrogen (secondary N) is 1. The fraction of sp³-hybridized carbons (Fsp3) is 0.500. The highest BCUT2D eigenvalue weighted by Crippen LogP contribution is 2.32. The van der Waals surface area contributed by atoms with Crippen molar-refractivity contribution in [3.05, 3.63) is 58.4 Å². The van der Waals surface area contributed by atoms with Crippen molar-refractivity contribution in [2.75, 3.05) is 27.3 Å². The lowest BCUT2D eigenvalue weighted by Gasteiger charge is -2.34. The molecule has 0 aliphatic carbocycles. The standard InChI is InChI=1S/C28H38ClFN2O6/c1-18(32(26(34)38-27(2,3)4)14-13-31-28(5,6)25(33)36-8)22-15-19(30)16-24(29)23(22)17-37-21-11-9-20(35-7)10-12-21/h9-12,15-16,18,31H,13-14,17H2,1-8H3/t18-/m0/s1. The first kappa shape index (κ1) is 31.2. The van der Waals surface area contributed by atoms with E-state index in [-0.39, 0.29) is 24.7 Å². The maximum atomic E-state index is 14.5. The monoisotopic (exact) mass is 552 g/mol. The largest absolute Gasteiger partial charge is 0.497 e. The van der Waals surface area contributed by atoms with Crippen LogP contribution in [-0.2, 0) is 20.9 Å². The smallest absolute Gasteiger partial charge is 0.410 e. The van der Waals surface area contributed by atoms with Gasteiger partial charge in [-0.1, -0.05) is 11.6 Å². The van der Waals surface area contributed by atoms with Gasteiger partial charge in [-0.2, -0.15) is 0 Å². The molecular weight excluding hydrogens is 515 g/mol. The van der Waals surface area contributed by atoms with Gasteiger partial charge in [-0.05, 0) is 83.5 Å². The number of nitrogens with zero attached hydrogens (tertiary/aromatic N) is 1. The van der Waals surface area contributed by atoms with Crippen molar-refractivity contribution in [3.63, 3.8) is 0 Å². The number of hydrogen-bond acceptors (Lipinski definition) is 7. The van der Waals surface area contributed by atoms with Gasteiger partial charge in [0.05, 0.1) is 25.3 Å². The molecule has 38 heavy (non-hydrogen) atoms. The minimum absolute atomic E-state index is 0.0426. The van der Waals surface area contributed by atoms with E-state index >= 15 is 0 Å². The van der Waals surface area contributed by atoms with Crippen LogP contribution in [0.1, 0.15) is 58.7 Å². The Labute approximate surface area is 229 Å². The van der Waals surface area contributed by atoms with E-state index in [9.17, 15) is 14.0 Å². The number of methoxy groups -OCH3 is 2. The summed E-state index contributed by atoms with van der Waals surface area (Å²) in [6, 6.07) is 8.93. The Balaban J connectivity index is 2.35. The maximum Gasteiger partial charge on any atom is 0.410 e. The third kappa shape index (κ3) is 8.77. The van der Waals surface area contributed by atoms with Gasteiger partial charge in [-0.25, -0.2) is 9.18 Å². The van der Waals surface area contributed by atoms with Gasteiger partial charge in [0.25, 0.3) is 0 Å². The van der Waals surface area contributed by atoms with Gasteiger partial charge in [0, 0.05) is 18.7 Å². The number of amides is 1. The van der Waals surface area contributed by atoms with Gasteiger partial charge in [0.1, 0.15) is 35.1 Å². The molecule has 0 saturated heterocycles. The Morgan fingerprint density at radius 2 is 1.66 bits per heavy atom. The second kappa shape index (κ2) is 13.2. The molecule has 210 valence electrons. The molecule has 2 aromatic rings. The highest BCUT2D eigenvalue weighted by molar-refractivity contribution is 6.31. The van der Waals surface area contributed by atoms with Crippen molar-refractivity contribution < 1.29 is 32.9 Å². The molecule has 0 aliphatic heterocycles. The Hall–Kier alpha value is -3.04. The lowest BCUT2D eigenvalue weighted by Crippen LogP contribution is -2.51. The number of halogens is 2. The van der Waals surface area contributed by atoms with E-state index in [0.29, 0.717) is 22.6 Å². The summed E-state index contributed by atoms with van der Waals surface area (Å²) in [5.74, 6) is 0.273. The van der Waals surface area contributed by atoms with Crippen molar-refractivity contribution >= 4 is 23.7 Å². The average molecular weight is 553 g/mol. The van der Waals surface area contributed by atoms with Gasteiger partial charge in [0.2, 0.25) is 0 Å². The average Bonchev–Trinajstić information content (AvgIpc) is 2.83. The number of hydrogen-bond donors (Lipinski definition) is 1. The summed E-state index contributed by atoms with van der Waals surface area (Å²) >= 11 is 6.46. The van der Waals surface area contributed by atoms with Crippen LogP contribution in [0.5, 0.6) is 11.5 Å². The molecule has 1 N–H and O–H groups in total. The zero-order valence-corrected chi connectivity index (χ0v) is 24.1. The molecule has 0 radical (unpaired) electrons. The van der Waals surface area contributed by atoms with Crippen LogP contribution in [0, 0.1) is 5.82 Å². The first-order chi connectivity index (χ1) is 17.7. The van der Waals surface area contributed by atoms with Crippen molar-refractivity contribution in [2.45, 2.75) is 65.3 Å². The summed E-state index contributed by atoms with van der Waals surface area (Å²) < 4.78 is 36.1. The van der Waals surface area contributed by atoms with E-state index in [4.69, 9.17) is 30.5 Å². The molecule has 0 heterocycles. The van der Waals surface area contributed by atoms with Crippen molar-refractivity contribution in [1.82, 2.24) is 10.2 Å². The molecule has 0 bridgehead atoms. The Morgan fingerprint density at radius 3 is 2.21 bits per heavy atom. The van der Waals surface area contributed by atoms with E-state index in [1.54, 1.807) is 72.9 Å². The number of ether oxygens (including phenoxy) is 4. The number of benzene rings is 2. The van der Waals surface area contributed by atoms with Crippen molar-refractivity contribution in [1.29, 1.82) is 0 Å². The fourth-order valence-corrected chi connectivity index (χ4v) is 3.99. The van der Waals surface area contributed by atoms with Gasteiger partial charge >= 0.3 is 12.1 Å². The molecule has 0 spiro atoms. The normalized spacial score (nSPS) is 12.5. The SMILES string of the molecule is COC(=O)C(C)(C)NCCN(C(=O)OC(C)(C)C)[C@@H](C)c1cc(F)cc(Cl)c1COc1ccc(OC)cc1. The molecule has 0 unspecified atom stereocenters.